The highest BCUT2D eigenvalue weighted by atomic mass is 35.5. The molecule has 1 unspecified atom stereocenters. The number of aliphatic hydroxyl groups is 1. The molecule has 16 heavy (non-hydrogen) atoms. The van der Waals surface area contributed by atoms with Gasteiger partial charge in [0.2, 0.25) is 0 Å². The Labute approximate surface area is 103 Å². The van der Waals surface area contributed by atoms with E-state index < -0.39 is 5.60 Å². The van der Waals surface area contributed by atoms with Crippen molar-refractivity contribution in [3.05, 3.63) is 34.9 Å². The number of nitrogens with one attached hydrogen (secondary N) is 1. The molecule has 0 saturated carbocycles. The van der Waals surface area contributed by atoms with Gasteiger partial charge in [-0.1, -0.05) is 43.6 Å². The lowest BCUT2D eigenvalue weighted by molar-refractivity contribution is 0.0581. The predicted molar refractivity (Wildman–Crippen MR) is 68.9 cm³/mol. The topological polar surface area (TPSA) is 32.3 Å². The van der Waals surface area contributed by atoms with Crippen molar-refractivity contribution in [3.63, 3.8) is 0 Å². The summed E-state index contributed by atoms with van der Waals surface area (Å²) in [6, 6.07) is 8.01. The first-order valence-electron chi connectivity index (χ1n) is 5.60. The van der Waals surface area contributed by atoms with Crippen molar-refractivity contribution in [3.8, 4) is 0 Å². The monoisotopic (exact) mass is 241 g/mol. The first kappa shape index (κ1) is 13.5. The van der Waals surface area contributed by atoms with Gasteiger partial charge in [-0.15, -0.1) is 0 Å². The number of halogens is 1. The average molecular weight is 242 g/mol. The first-order valence-corrected chi connectivity index (χ1v) is 5.98. The molecule has 0 aliphatic heterocycles. The third kappa shape index (κ3) is 4.52. The van der Waals surface area contributed by atoms with E-state index in [2.05, 4.69) is 19.2 Å². The number of rotatable bonds is 5. The molecular formula is C13H20ClNO. The molecule has 1 rings (SSSR count). The number of hydrogen-bond acceptors (Lipinski definition) is 2. The normalized spacial score (nSPS) is 15.1. The van der Waals surface area contributed by atoms with Crippen LogP contribution in [0.3, 0.4) is 0 Å². The first-order chi connectivity index (χ1) is 7.41. The van der Waals surface area contributed by atoms with Crippen molar-refractivity contribution in [1.29, 1.82) is 0 Å². The van der Waals surface area contributed by atoms with Crippen LogP contribution >= 0.6 is 11.6 Å². The molecule has 1 aromatic carbocycles. The van der Waals surface area contributed by atoms with Crippen LogP contribution in [0.5, 0.6) is 0 Å². The molecule has 0 saturated heterocycles. The Morgan fingerprint density at radius 2 is 2.00 bits per heavy atom. The van der Waals surface area contributed by atoms with Crippen LogP contribution in [-0.2, 0) is 6.42 Å². The van der Waals surface area contributed by atoms with Crippen molar-refractivity contribution in [2.24, 2.45) is 0 Å². The van der Waals surface area contributed by atoms with Crippen LogP contribution in [0.4, 0.5) is 0 Å². The minimum absolute atomic E-state index is 0.373. The van der Waals surface area contributed by atoms with Crippen LogP contribution in [0.25, 0.3) is 0 Å². The fourth-order valence-electron chi connectivity index (χ4n) is 1.54. The highest BCUT2D eigenvalue weighted by Crippen LogP contribution is 2.20. The van der Waals surface area contributed by atoms with Gasteiger partial charge in [0.05, 0.1) is 5.60 Å². The lowest BCUT2D eigenvalue weighted by Crippen LogP contribution is -2.42. The smallest absolute Gasteiger partial charge is 0.0784 e. The van der Waals surface area contributed by atoms with E-state index in [0.29, 0.717) is 24.0 Å². The minimum atomic E-state index is -0.769. The molecule has 90 valence electrons. The van der Waals surface area contributed by atoms with E-state index in [1.807, 2.05) is 31.2 Å². The maximum atomic E-state index is 10.2. The molecule has 3 heteroatoms. The molecule has 0 aromatic heterocycles. The molecule has 1 atom stereocenters. The van der Waals surface area contributed by atoms with E-state index in [1.54, 1.807) is 0 Å². The maximum Gasteiger partial charge on any atom is 0.0784 e. The van der Waals surface area contributed by atoms with Gasteiger partial charge in [0.25, 0.3) is 0 Å². The van der Waals surface area contributed by atoms with Gasteiger partial charge >= 0.3 is 0 Å². The molecule has 0 aliphatic rings. The molecular weight excluding hydrogens is 222 g/mol. The Morgan fingerprint density at radius 1 is 1.38 bits per heavy atom. The second-order valence-corrected chi connectivity index (χ2v) is 5.21. The van der Waals surface area contributed by atoms with Crippen molar-refractivity contribution < 1.29 is 5.11 Å². The molecule has 0 aliphatic carbocycles. The maximum absolute atomic E-state index is 10.2. The van der Waals surface area contributed by atoms with E-state index in [4.69, 9.17) is 11.6 Å². The molecule has 0 amide bonds. The summed E-state index contributed by atoms with van der Waals surface area (Å²) in [6.07, 6.45) is 0.562. The minimum Gasteiger partial charge on any atom is -0.389 e. The fraction of sp³-hybridized carbons (Fsp3) is 0.538. The van der Waals surface area contributed by atoms with Gasteiger partial charge < -0.3 is 10.4 Å². The summed E-state index contributed by atoms with van der Waals surface area (Å²) < 4.78 is 0. The molecule has 0 radical (unpaired) electrons. The fourth-order valence-corrected chi connectivity index (χ4v) is 1.74. The standard InChI is InChI=1S/C13H20ClNO/c1-10(2)15-9-13(3,16)8-11-6-4-5-7-12(11)14/h4-7,10,15-16H,8-9H2,1-3H3. The summed E-state index contributed by atoms with van der Waals surface area (Å²) in [5, 5.41) is 14.2. The number of benzene rings is 1. The number of hydrogen-bond donors (Lipinski definition) is 2. The summed E-state index contributed by atoms with van der Waals surface area (Å²) in [7, 11) is 0. The summed E-state index contributed by atoms with van der Waals surface area (Å²) in [4.78, 5) is 0. The molecule has 0 fully saturated rings. The summed E-state index contributed by atoms with van der Waals surface area (Å²) in [5.41, 5.74) is 0.217. The summed E-state index contributed by atoms with van der Waals surface area (Å²) >= 11 is 6.06. The van der Waals surface area contributed by atoms with Crippen LogP contribution < -0.4 is 5.32 Å². The van der Waals surface area contributed by atoms with Crippen molar-refractivity contribution >= 4 is 11.6 Å². The highest BCUT2D eigenvalue weighted by Gasteiger charge is 2.21. The quantitative estimate of drug-likeness (QED) is 0.831. The molecule has 0 heterocycles. The largest absolute Gasteiger partial charge is 0.389 e. The lowest BCUT2D eigenvalue weighted by Gasteiger charge is -2.25. The van der Waals surface area contributed by atoms with Gasteiger partial charge in [0.15, 0.2) is 0 Å². The highest BCUT2D eigenvalue weighted by molar-refractivity contribution is 6.31. The van der Waals surface area contributed by atoms with Crippen LogP contribution in [0.2, 0.25) is 5.02 Å². The van der Waals surface area contributed by atoms with Gasteiger partial charge in [-0.3, -0.25) is 0 Å². The zero-order chi connectivity index (χ0) is 12.2. The van der Waals surface area contributed by atoms with Crippen LogP contribution in [-0.4, -0.2) is 23.3 Å². The summed E-state index contributed by atoms with van der Waals surface area (Å²) in [6.45, 7) is 6.51. The Kier molecular flexibility index (Phi) is 4.78. The SMILES string of the molecule is CC(C)NCC(C)(O)Cc1ccccc1Cl. The average Bonchev–Trinajstić information content (AvgIpc) is 2.19. The van der Waals surface area contributed by atoms with E-state index in [-0.39, 0.29) is 0 Å². The van der Waals surface area contributed by atoms with Crippen molar-refractivity contribution in [1.82, 2.24) is 5.32 Å². The Balaban J connectivity index is 2.62. The van der Waals surface area contributed by atoms with Gasteiger partial charge in [-0.25, -0.2) is 0 Å². The molecule has 2 nitrogen and oxygen atoms in total. The van der Waals surface area contributed by atoms with Gasteiger partial charge in [-0.05, 0) is 18.6 Å². The van der Waals surface area contributed by atoms with Crippen LogP contribution in [0.1, 0.15) is 26.3 Å². The van der Waals surface area contributed by atoms with Gasteiger partial charge in [-0.2, -0.15) is 0 Å². The molecule has 0 bridgehead atoms. The van der Waals surface area contributed by atoms with Crippen LogP contribution in [0, 0.1) is 0 Å². The van der Waals surface area contributed by atoms with E-state index in [1.165, 1.54) is 0 Å². The van der Waals surface area contributed by atoms with Crippen molar-refractivity contribution in [2.45, 2.75) is 38.8 Å². The Bertz CT molecular complexity index is 336. The second-order valence-electron chi connectivity index (χ2n) is 4.80. The van der Waals surface area contributed by atoms with Crippen molar-refractivity contribution in [2.75, 3.05) is 6.54 Å². The molecule has 0 spiro atoms. The third-order valence-corrected chi connectivity index (χ3v) is 2.79. The van der Waals surface area contributed by atoms with E-state index in [9.17, 15) is 5.11 Å². The zero-order valence-corrected chi connectivity index (χ0v) is 10.9. The molecule has 2 N–H and O–H groups in total. The van der Waals surface area contributed by atoms with E-state index >= 15 is 0 Å². The second kappa shape index (κ2) is 5.67. The van der Waals surface area contributed by atoms with E-state index in [0.717, 1.165) is 5.56 Å². The lowest BCUT2D eigenvalue weighted by atomic mass is 9.96. The zero-order valence-electron chi connectivity index (χ0n) is 10.1. The third-order valence-electron chi connectivity index (χ3n) is 2.42. The van der Waals surface area contributed by atoms with Crippen LogP contribution in [0.15, 0.2) is 24.3 Å². The van der Waals surface area contributed by atoms with Gasteiger partial charge in [0, 0.05) is 24.0 Å². The Hall–Kier alpha value is -0.570. The van der Waals surface area contributed by atoms with Gasteiger partial charge in [0.1, 0.15) is 0 Å². The molecule has 1 aromatic rings. The summed E-state index contributed by atoms with van der Waals surface area (Å²) in [5.74, 6) is 0. The Morgan fingerprint density at radius 3 is 2.56 bits per heavy atom. The predicted octanol–water partition coefficient (Wildman–Crippen LogP) is 2.63.